The van der Waals surface area contributed by atoms with Gasteiger partial charge in [0.1, 0.15) is 0 Å². The molecule has 0 aliphatic carbocycles. The largest absolute Gasteiger partial charge is 0.481 e. The van der Waals surface area contributed by atoms with E-state index in [-0.39, 0.29) is 24.3 Å². The minimum absolute atomic E-state index is 0.0264. The monoisotopic (exact) mass is 256 g/mol. The van der Waals surface area contributed by atoms with E-state index in [0.717, 1.165) is 13.1 Å². The SMILES string of the molecule is CC(C(=O)N(CCCC(=O)O)C(C)C)C1CNC1. The molecule has 2 N–H and O–H groups in total. The summed E-state index contributed by atoms with van der Waals surface area (Å²) in [4.78, 5) is 24.7. The maximum Gasteiger partial charge on any atom is 0.303 e. The summed E-state index contributed by atoms with van der Waals surface area (Å²) in [6.45, 7) is 8.28. The summed E-state index contributed by atoms with van der Waals surface area (Å²) < 4.78 is 0. The van der Waals surface area contributed by atoms with Crippen LogP contribution in [0.3, 0.4) is 0 Å². The fraction of sp³-hybridized carbons (Fsp3) is 0.846. The van der Waals surface area contributed by atoms with Crippen LogP contribution >= 0.6 is 0 Å². The average Bonchev–Trinajstić information content (AvgIpc) is 2.20. The molecule has 1 rings (SSSR count). The van der Waals surface area contributed by atoms with Gasteiger partial charge in [-0.15, -0.1) is 0 Å². The van der Waals surface area contributed by atoms with Crippen LogP contribution in [0.25, 0.3) is 0 Å². The molecule has 0 aromatic carbocycles. The van der Waals surface area contributed by atoms with Crippen LogP contribution in [0.15, 0.2) is 0 Å². The molecular formula is C13H24N2O3. The summed E-state index contributed by atoms with van der Waals surface area (Å²) in [7, 11) is 0. The summed E-state index contributed by atoms with van der Waals surface area (Å²) >= 11 is 0. The Labute approximate surface area is 109 Å². The lowest BCUT2D eigenvalue weighted by molar-refractivity contribution is -0.141. The maximum atomic E-state index is 12.3. The van der Waals surface area contributed by atoms with E-state index in [1.807, 2.05) is 25.7 Å². The van der Waals surface area contributed by atoms with Crippen molar-refractivity contribution in [2.24, 2.45) is 11.8 Å². The van der Waals surface area contributed by atoms with Crippen molar-refractivity contribution < 1.29 is 14.7 Å². The first-order valence-corrected chi connectivity index (χ1v) is 6.66. The van der Waals surface area contributed by atoms with E-state index >= 15 is 0 Å². The van der Waals surface area contributed by atoms with Crippen molar-refractivity contribution in [2.75, 3.05) is 19.6 Å². The number of rotatable bonds is 7. The van der Waals surface area contributed by atoms with Crippen LogP contribution in [-0.4, -0.2) is 47.6 Å². The molecule has 0 bridgehead atoms. The van der Waals surface area contributed by atoms with Crippen molar-refractivity contribution in [1.29, 1.82) is 0 Å². The minimum Gasteiger partial charge on any atom is -0.481 e. The normalized spacial score (nSPS) is 17.3. The van der Waals surface area contributed by atoms with E-state index in [1.165, 1.54) is 0 Å². The highest BCUT2D eigenvalue weighted by Crippen LogP contribution is 2.20. The second-order valence-electron chi connectivity index (χ2n) is 5.33. The predicted octanol–water partition coefficient (Wildman–Crippen LogP) is 0.944. The Morgan fingerprint density at radius 3 is 2.33 bits per heavy atom. The van der Waals surface area contributed by atoms with Crippen molar-refractivity contribution in [3.05, 3.63) is 0 Å². The Bertz CT molecular complexity index is 301. The molecule has 5 nitrogen and oxygen atoms in total. The number of nitrogens with zero attached hydrogens (tertiary/aromatic N) is 1. The van der Waals surface area contributed by atoms with Gasteiger partial charge in [-0.1, -0.05) is 6.92 Å². The quantitative estimate of drug-likeness (QED) is 0.711. The van der Waals surface area contributed by atoms with Crippen LogP contribution in [0.2, 0.25) is 0 Å². The first kappa shape index (κ1) is 15.0. The number of amides is 1. The van der Waals surface area contributed by atoms with Crippen molar-refractivity contribution in [3.8, 4) is 0 Å². The van der Waals surface area contributed by atoms with Gasteiger partial charge in [0.15, 0.2) is 0 Å². The molecule has 1 atom stereocenters. The van der Waals surface area contributed by atoms with Gasteiger partial charge >= 0.3 is 5.97 Å². The predicted molar refractivity (Wildman–Crippen MR) is 69.2 cm³/mol. The molecule has 1 saturated heterocycles. The van der Waals surface area contributed by atoms with Crippen LogP contribution in [-0.2, 0) is 9.59 Å². The molecule has 0 radical (unpaired) electrons. The number of nitrogens with one attached hydrogen (secondary N) is 1. The third-order valence-corrected chi connectivity index (χ3v) is 3.61. The zero-order valence-corrected chi connectivity index (χ0v) is 11.5. The maximum absolute atomic E-state index is 12.3. The summed E-state index contributed by atoms with van der Waals surface area (Å²) in [6, 6.07) is 0.127. The average molecular weight is 256 g/mol. The fourth-order valence-electron chi connectivity index (χ4n) is 2.15. The molecular weight excluding hydrogens is 232 g/mol. The first-order chi connectivity index (χ1) is 8.43. The first-order valence-electron chi connectivity index (χ1n) is 6.66. The molecule has 1 fully saturated rings. The Kier molecular flexibility index (Phi) is 5.59. The Hall–Kier alpha value is -1.10. The summed E-state index contributed by atoms with van der Waals surface area (Å²) in [5.41, 5.74) is 0. The van der Waals surface area contributed by atoms with Gasteiger partial charge in [-0.2, -0.15) is 0 Å². The third-order valence-electron chi connectivity index (χ3n) is 3.61. The molecule has 0 aromatic heterocycles. The summed E-state index contributed by atoms with van der Waals surface area (Å²) in [6.07, 6.45) is 0.644. The number of hydrogen-bond acceptors (Lipinski definition) is 3. The van der Waals surface area contributed by atoms with Crippen LogP contribution in [0.5, 0.6) is 0 Å². The van der Waals surface area contributed by atoms with E-state index in [2.05, 4.69) is 5.32 Å². The molecule has 1 heterocycles. The second kappa shape index (κ2) is 6.73. The number of hydrogen-bond donors (Lipinski definition) is 2. The summed E-state index contributed by atoms with van der Waals surface area (Å²) in [5, 5.41) is 11.8. The standard InChI is InChI=1S/C13H24N2O3/c1-9(2)15(6-4-5-12(16)17)13(18)10(3)11-7-14-8-11/h9-11,14H,4-8H2,1-3H3,(H,16,17). The van der Waals surface area contributed by atoms with Gasteiger partial charge in [0.05, 0.1) is 0 Å². The van der Waals surface area contributed by atoms with E-state index in [4.69, 9.17) is 5.11 Å². The topological polar surface area (TPSA) is 69.6 Å². The Morgan fingerprint density at radius 1 is 1.33 bits per heavy atom. The number of carbonyl (C=O) groups is 2. The molecule has 0 saturated carbocycles. The molecule has 5 heteroatoms. The van der Waals surface area contributed by atoms with E-state index < -0.39 is 5.97 Å². The van der Waals surface area contributed by atoms with E-state index in [9.17, 15) is 9.59 Å². The highest BCUT2D eigenvalue weighted by Gasteiger charge is 2.32. The second-order valence-corrected chi connectivity index (χ2v) is 5.33. The van der Waals surface area contributed by atoms with Crippen molar-refractivity contribution in [2.45, 2.75) is 39.7 Å². The van der Waals surface area contributed by atoms with Gasteiger partial charge in [-0.3, -0.25) is 9.59 Å². The summed E-state index contributed by atoms with van der Waals surface area (Å²) in [5.74, 6) is -0.194. The van der Waals surface area contributed by atoms with E-state index in [1.54, 1.807) is 0 Å². The van der Waals surface area contributed by atoms with Gasteiger partial charge in [0.25, 0.3) is 0 Å². The van der Waals surface area contributed by atoms with Gasteiger partial charge < -0.3 is 15.3 Å². The minimum atomic E-state index is -0.803. The van der Waals surface area contributed by atoms with Gasteiger partial charge in [-0.25, -0.2) is 0 Å². The molecule has 0 spiro atoms. The molecule has 1 amide bonds. The van der Waals surface area contributed by atoms with Gasteiger partial charge in [-0.05, 0) is 39.3 Å². The third kappa shape index (κ3) is 3.98. The van der Waals surface area contributed by atoms with Crippen LogP contribution in [0, 0.1) is 11.8 Å². The van der Waals surface area contributed by atoms with Gasteiger partial charge in [0, 0.05) is 24.9 Å². The van der Waals surface area contributed by atoms with Crippen molar-refractivity contribution >= 4 is 11.9 Å². The zero-order valence-electron chi connectivity index (χ0n) is 11.5. The zero-order chi connectivity index (χ0) is 13.7. The highest BCUT2D eigenvalue weighted by molar-refractivity contribution is 5.79. The van der Waals surface area contributed by atoms with Crippen molar-refractivity contribution in [3.63, 3.8) is 0 Å². The lowest BCUT2D eigenvalue weighted by Gasteiger charge is -2.36. The van der Waals surface area contributed by atoms with Crippen molar-refractivity contribution in [1.82, 2.24) is 10.2 Å². The number of carboxylic acids is 1. The Balaban J connectivity index is 2.48. The molecule has 18 heavy (non-hydrogen) atoms. The van der Waals surface area contributed by atoms with Crippen LogP contribution in [0.4, 0.5) is 0 Å². The fourth-order valence-corrected chi connectivity index (χ4v) is 2.15. The lowest BCUT2D eigenvalue weighted by Crippen LogP contribution is -2.51. The number of carboxylic acid groups (broad SMARTS) is 1. The smallest absolute Gasteiger partial charge is 0.303 e. The number of carbonyl (C=O) groups excluding carboxylic acids is 1. The molecule has 0 aromatic rings. The van der Waals surface area contributed by atoms with E-state index in [0.29, 0.717) is 18.9 Å². The van der Waals surface area contributed by atoms with Crippen LogP contribution < -0.4 is 5.32 Å². The molecule has 104 valence electrons. The molecule has 1 aliphatic heterocycles. The van der Waals surface area contributed by atoms with Crippen LogP contribution in [0.1, 0.15) is 33.6 Å². The molecule has 1 unspecified atom stereocenters. The lowest BCUT2D eigenvalue weighted by atomic mass is 9.87. The van der Waals surface area contributed by atoms with Gasteiger partial charge in [0.2, 0.25) is 5.91 Å². The highest BCUT2D eigenvalue weighted by atomic mass is 16.4. The molecule has 1 aliphatic rings. The number of aliphatic carboxylic acids is 1. The Morgan fingerprint density at radius 2 is 1.94 bits per heavy atom.